The molecular weight excluding hydrogens is 1420 g/mol. The van der Waals surface area contributed by atoms with Gasteiger partial charge in [0.25, 0.3) is 0 Å². The molecule has 0 N–H and O–H groups in total. The van der Waals surface area contributed by atoms with E-state index >= 15 is 0 Å². The zero-order valence-electron chi connectivity index (χ0n) is 63.7. The largest absolute Gasteiger partial charge is 2.00 e. The SMILES string of the molecule is C1CCOC1.C1CCOC1.C1CCOC1.C1CCOC1.CC(C)c1cccc(C(C)C)c1[N-][Si](C)(C)C.CC(C)c1cccc(C(C)C)c1[N-][Si](C)(C)C.CC(C)c1cccc(C(C)C)c1[N-][Si](C)(C)C.CC(C)c1cccc(C(C)C)c1[N-][Si](C)(C)C.[Ba+2].[Ba+2]. The summed E-state index contributed by atoms with van der Waals surface area (Å²) in [5.74, 6) is 4.36. The summed E-state index contributed by atoms with van der Waals surface area (Å²) >= 11 is 0. The Balaban J connectivity index is 0. The van der Waals surface area contributed by atoms with Gasteiger partial charge in [0, 0.05) is 52.9 Å². The van der Waals surface area contributed by atoms with E-state index < -0.39 is 32.9 Å². The fourth-order valence-electron chi connectivity index (χ4n) is 9.95. The van der Waals surface area contributed by atoms with Crippen LogP contribution in [0, 0.1) is 0 Å². The molecule has 4 heterocycles. The predicted molar refractivity (Wildman–Crippen MR) is 416 cm³/mol. The van der Waals surface area contributed by atoms with E-state index in [1.807, 2.05) is 0 Å². The van der Waals surface area contributed by atoms with Crippen LogP contribution in [0.25, 0.3) is 19.9 Å². The van der Waals surface area contributed by atoms with Gasteiger partial charge < -0.3 is 38.9 Å². The van der Waals surface area contributed by atoms with E-state index in [1.165, 1.54) is 119 Å². The van der Waals surface area contributed by atoms with Crippen molar-refractivity contribution in [1.29, 1.82) is 0 Å². The van der Waals surface area contributed by atoms with Crippen molar-refractivity contribution < 1.29 is 18.9 Å². The minimum Gasteiger partial charge on any atom is -0.687 e. The molecular formula is C76H136Ba2N4O4Si4. The van der Waals surface area contributed by atoms with Crippen molar-refractivity contribution in [2.45, 2.75) is 288 Å². The maximum Gasteiger partial charge on any atom is 2.00 e. The first-order chi connectivity index (χ1) is 40.9. The van der Waals surface area contributed by atoms with Gasteiger partial charge in [-0.25, -0.2) is 0 Å². The van der Waals surface area contributed by atoms with E-state index in [1.54, 1.807) is 0 Å². The van der Waals surface area contributed by atoms with E-state index in [-0.39, 0.29) is 97.8 Å². The molecule has 4 aromatic carbocycles. The van der Waals surface area contributed by atoms with Crippen molar-refractivity contribution >= 4 is 153 Å². The third-order valence-electron chi connectivity index (χ3n) is 14.5. The van der Waals surface area contributed by atoms with Gasteiger partial charge in [-0.1, -0.05) is 307 Å². The average molecular weight is 1560 g/mol. The molecule has 0 atom stereocenters. The van der Waals surface area contributed by atoms with Gasteiger partial charge >= 0.3 is 97.8 Å². The Morgan fingerprint density at radius 3 is 0.411 bits per heavy atom. The normalized spacial score (nSPS) is 14.6. The van der Waals surface area contributed by atoms with Gasteiger partial charge in [-0.15, -0.1) is 22.7 Å². The molecule has 14 heteroatoms. The third kappa shape index (κ3) is 40.6. The van der Waals surface area contributed by atoms with Crippen LogP contribution in [-0.4, -0.2) is 184 Å². The third-order valence-corrected chi connectivity index (χ3v) is 18.0. The van der Waals surface area contributed by atoms with Crippen molar-refractivity contribution in [1.82, 2.24) is 0 Å². The second-order valence-corrected chi connectivity index (χ2v) is 49.0. The van der Waals surface area contributed by atoms with Crippen LogP contribution in [0.4, 0.5) is 22.7 Å². The van der Waals surface area contributed by atoms with Crippen LogP contribution in [-0.2, 0) is 18.9 Å². The topological polar surface area (TPSA) is 93.3 Å². The zero-order chi connectivity index (χ0) is 67.0. The number of nitrogens with zero attached hydrogens (tertiary/aromatic N) is 4. The molecule has 4 aliphatic rings. The molecule has 4 fully saturated rings. The maximum atomic E-state index is 5.07. The first kappa shape index (κ1) is 92.0. The van der Waals surface area contributed by atoms with Gasteiger partial charge in [-0.05, 0) is 132 Å². The molecule has 90 heavy (non-hydrogen) atoms. The van der Waals surface area contributed by atoms with Crippen LogP contribution >= 0.6 is 0 Å². The van der Waals surface area contributed by atoms with Crippen LogP contribution in [0.5, 0.6) is 0 Å². The van der Waals surface area contributed by atoms with Crippen LogP contribution in [0.15, 0.2) is 72.8 Å². The zero-order valence-corrected chi connectivity index (χ0v) is 76.6. The summed E-state index contributed by atoms with van der Waals surface area (Å²) < 4.78 is 19.8. The number of benzene rings is 4. The van der Waals surface area contributed by atoms with Gasteiger partial charge in [-0.3, -0.25) is 0 Å². The van der Waals surface area contributed by atoms with Crippen molar-refractivity contribution in [2.24, 2.45) is 0 Å². The molecule has 4 aromatic rings. The van der Waals surface area contributed by atoms with E-state index in [4.69, 9.17) is 38.9 Å². The van der Waals surface area contributed by atoms with Crippen LogP contribution < -0.4 is 0 Å². The summed E-state index contributed by atoms with van der Waals surface area (Å²) in [4.78, 5) is 20.3. The summed E-state index contributed by atoms with van der Waals surface area (Å²) in [7, 11) is -5.71. The van der Waals surface area contributed by atoms with Gasteiger partial charge in [0.2, 0.25) is 0 Å². The fourth-order valence-corrected chi connectivity index (χ4v) is 13.7. The second-order valence-electron chi connectivity index (χ2n) is 30.8. The number of ether oxygens (including phenoxy) is 4. The molecule has 0 spiro atoms. The maximum absolute atomic E-state index is 5.07. The smallest absolute Gasteiger partial charge is 0.687 e. The van der Waals surface area contributed by atoms with Crippen LogP contribution in [0.1, 0.15) is 254 Å². The Morgan fingerprint density at radius 1 is 0.233 bits per heavy atom. The Bertz CT molecular complexity index is 2000. The average Bonchev–Trinajstić information content (AvgIpc) is 4.37. The summed E-state index contributed by atoms with van der Waals surface area (Å²) in [6.07, 6.45) is 10.2. The first-order valence-electron chi connectivity index (χ1n) is 34.6. The predicted octanol–water partition coefficient (Wildman–Crippen LogP) is 25.5. The fraction of sp³-hybridized carbons (Fsp3) is 0.684. The minimum absolute atomic E-state index is 0. The van der Waals surface area contributed by atoms with Crippen LogP contribution in [0.2, 0.25) is 78.6 Å². The summed E-state index contributed by atoms with van der Waals surface area (Å²) in [5, 5.41) is 0. The number of hydrogen-bond acceptors (Lipinski definition) is 4. The summed E-state index contributed by atoms with van der Waals surface area (Å²) in [6, 6.07) is 26.6. The minimum atomic E-state index is -1.43. The molecule has 8 nitrogen and oxygen atoms in total. The quantitative estimate of drug-likeness (QED) is 0.104. The molecule has 0 unspecified atom stereocenters. The number of hydrogen-bond donors (Lipinski definition) is 0. The van der Waals surface area contributed by atoms with Crippen LogP contribution in [0.3, 0.4) is 0 Å². The van der Waals surface area contributed by atoms with E-state index in [0.29, 0.717) is 47.3 Å². The van der Waals surface area contributed by atoms with Gasteiger partial charge in [0.1, 0.15) is 0 Å². The summed E-state index contributed by atoms with van der Waals surface area (Å²) in [6.45, 7) is 71.6. The van der Waals surface area contributed by atoms with E-state index in [2.05, 4.69) is 262 Å². The molecule has 0 bridgehead atoms. The van der Waals surface area contributed by atoms with Crippen molar-refractivity contribution in [3.05, 3.63) is 137 Å². The Hall–Kier alpha value is -0.0696. The molecule has 4 aliphatic heterocycles. The standard InChI is InChI=1S/4C15H26NSi.4C4H8O.2Ba/c4*1-11(2)13-9-8-10-14(12(3)4)15(13)16-17(5,6)7;4*1-2-4-5-3-1;;/h4*8-12H,1-7H3;4*1-4H2;;/q4*-1;;;;;2*+2. The van der Waals surface area contributed by atoms with E-state index in [9.17, 15) is 0 Å². The van der Waals surface area contributed by atoms with Gasteiger partial charge in [0.05, 0.1) is 0 Å². The Labute approximate surface area is 642 Å². The second kappa shape index (κ2) is 47.8. The van der Waals surface area contributed by atoms with E-state index in [0.717, 1.165) is 52.9 Å². The molecule has 504 valence electrons. The summed E-state index contributed by atoms with van der Waals surface area (Å²) in [5.41, 5.74) is 16.3. The molecule has 0 aromatic heterocycles. The van der Waals surface area contributed by atoms with Crippen molar-refractivity contribution in [3.8, 4) is 0 Å². The molecule has 0 amide bonds. The monoisotopic (exact) mass is 1560 g/mol. The molecule has 0 aliphatic carbocycles. The van der Waals surface area contributed by atoms with Gasteiger partial charge in [-0.2, -0.15) is 0 Å². The van der Waals surface area contributed by atoms with Gasteiger partial charge in [0.15, 0.2) is 0 Å². The Kier molecular flexibility index (Phi) is 48.9. The first-order valence-corrected chi connectivity index (χ1v) is 48.4. The Morgan fingerprint density at radius 2 is 0.344 bits per heavy atom. The molecule has 4 saturated heterocycles. The van der Waals surface area contributed by atoms with Crippen molar-refractivity contribution in [2.75, 3.05) is 52.9 Å². The molecule has 0 radical (unpaired) electrons. The molecule has 8 rings (SSSR count). The number of rotatable bonds is 16. The molecule has 0 saturated carbocycles. The van der Waals surface area contributed by atoms with Crippen molar-refractivity contribution in [3.63, 3.8) is 0 Å².